The fraction of sp³-hybridized carbons (Fsp3) is 0.667. The number of thiazole rings is 1. The van der Waals surface area contributed by atoms with Crippen LogP contribution < -0.4 is 5.73 Å². The van der Waals surface area contributed by atoms with Gasteiger partial charge in [-0.15, -0.1) is 11.3 Å². The van der Waals surface area contributed by atoms with Crippen LogP contribution in [-0.2, 0) is 22.6 Å². The van der Waals surface area contributed by atoms with E-state index in [1.165, 1.54) is 4.88 Å². The van der Waals surface area contributed by atoms with Crippen molar-refractivity contribution in [3.05, 3.63) is 10.6 Å². The standard InChI is InChI=1S/C9H15N3O2S/c1-13-8(14-2)5-12-3-6-7(4-12)15-9(10)11-6/h8H,3-5H2,1-2H3,(H2,10,11). The highest BCUT2D eigenvalue weighted by molar-refractivity contribution is 7.15. The maximum absolute atomic E-state index is 5.63. The van der Waals surface area contributed by atoms with Gasteiger partial charge in [0.15, 0.2) is 11.4 Å². The molecule has 2 rings (SSSR count). The Labute approximate surface area is 92.8 Å². The molecule has 1 aliphatic heterocycles. The third-order valence-electron chi connectivity index (χ3n) is 2.47. The van der Waals surface area contributed by atoms with Gasteiger partial charge in [-0.3, -0.25) is 4.90 Å². The minimum absolute atomic E-state index is 0.170. The largest absolute Gasteiger partial charge is 0.375 e. The summed E-state index contributed by atoms with van der Waals surface area (Å²) in [6.45, 7) is 2.50. The van der Waals surface area contributed by atoms with Crippen molar-refractivity contribution in [1.82, 2.24) is 9.88 Å². The molecule has 0 spiro atoms. The number of fused-ring (bicyclic) bond motifs is 1. The molecule has 1 aliphatic rings. The van der Waals surface area contributed by atoms with Gasteiger partial charge < -0.3 is 15.2 Å². The van der Waals surface area contributed by atoms with Gasteiger partial charge in [0, 0.05) is 32.2 Å². The molecule has 2 N–H and O–H groups in total. The van der Waals surface area contributed by atoms with Crippen molar-refractivity contribution in [2.24, 2.45) is 0 Å². The molecule has 1 aromatic heterocycles. The Balaban J connectivity index is 1.92. The summed E-state index contributed by atoms with van der Waals surface area (Å²) in [6, 6.07) is 0. The van der Waals surface area contributed by atoms with Crippen LogP contribution in [0.15, 0.2) is 0 Å². The van der Waals surface area contributed by atoms with Gasteiger partial charge in [0.1, 0.15) is 0 Å². The Kier molecular flexibility index (Phi) is 3.20. The first kappa shape index (κ1) is 10.8. The summed E-state index contributed by atoms with van der Waals surface area (Å²) in [5.74, 6) is 0. The van der Waals surface area contributed by atoms with Crippen LogP contribution in [0.1, 0.15) is 10.6 Å². The van der Waals surface area contributed by atoms with Crippen molar-refractivity contribution in [3.63, 3.8) is 0 Å². The summed E-state index contributed by atoms with van der Waals surface area (Å²) in [4.78, 5) is 7.78. The van der Waals surface area contributed by atoms with Gasteiger partial charge in [0.25, 0.3) is 0 Å². The Morgan fingerprint density at radius 1 is 1.47 bits per heavy atom. The van der Waals surface area contributed by atoms with Crippen LogP contribution in [-0.4, -0.2) is 36.9 Å². The summed E-state index contributed by atoms with van der Waals surface area (Å²) in [5, 5.41) is 0.662. The zero-order valence-corrected chi connectivity index (χ0v) is 9.71. The minimum Gasteiger partial charge on any atom is -0.375 e. The quantitative estimate of drug-likeness (QED) is 0.769. The van der Waals surface area contributed by atoms with Crippen LogP contribution in [0, 0.1) is 0 Å². The first-order chi connectivity index (χ1) is 7.22. The second kappa shape index (κ2) is 4.44. The SMILES string of the molecule is COC(CN1Cc2nc(N)sc2C1)OC. The van der Waals surface area contributed by atoms with E-state index in [-0.39, 0.29) is 6.29 Å². The predicted octanol–water partition coefficient (Wildman–Crippen LogP) is 0.660. The molecule has 6 heteroatoms. The van der Waals surface area contributed by atoms with Crippen LogP contribution in [0.25, 0.3) is 0 Å². The monoisotopic (exact) mass is 229 g/mol. The fourth-order valence-corrected chi connectivity index (χ4v) is 2.59. The van der Waals surface area contributed by atoms with E-state index in [2.05, 4.69) is 9.88 Å². The zero-order chi connectivity index (χ0) is 10.8. The number of hydrogen-bond donors (Lipinski definition) is 1. The normalized spacial score (nSPS) is 16.2. The molecule has 0 saturated heterocycles. The number of hydrogen-bond acceptors (Lipinski definition) is 6. The number of rotatable bonds is 4. The van der Waals surface area contributed by atoms with Crippen molar-refractivity contribution in [1.29, 1.82) is 0 Å². The van der Waals surface area contributed by atoms with Crippen molar-refractivity contribution in [2.75, 3.05) is 26.5 Å². The highest BCUT2D eigenvalue weighted by atomic mass is 32.1. The minimum atomic E-state index is -0.170. The molecule has 0 fully saturated rings. The van der Waals surface area contributed by atoms with E-state index in [0.29, 0.717) is 5.13 Å². The summed E-state index contributed by atoms with van der Waals surface area (Å²) in [5.41, 5.74) is 6.73. The van der Waals surface area contributed by atoms with Gasteiger partial charge in [0.05, 0.1) is 12.2 Å². The average Bonchev–Trinajstić information content (AvgIpc) is 2.70. The van der Waals surface area contributed by atoms with Gasteiger partial charge in [-0.1, -0.05) is 0 Å². The number of nitrogens with two attached hydrogens (primary N) is 1. The molecule has 15 heavy (non-hydrogen) atoms. The molecule has 5 nitrogen and oxygen atoms in total. The molecule has 0 aliphatic carbocycles. The molecule has 2 heterocycles. The molecule has 0 atom stereocenters. The first-order valence-electron chi connectivity index (χ1n) is 4.75. The number of nitrogen functional groups attached to an aromatic ring is 1. The Morgan fingerprint density at radius 2 is 2.20 bits per heavy atom. The molecular formula is C9H15N3O2S. The molecule has 0 aromatic carbocycles. The number of ether oxygens (including phenoxy) is 2. The van der Waals surface area contributed by atoms with Gasteiger partial charge in [0.2, 0.25) is 0 Å². The zero-order valence-electron chi connectivity index (χ0n) is 8.90. The van der Waals surface area contributed by atoms with Crippen LogP contribution in [0.5, 0.6) is 0 Å². The van der Waals surface area contributed by atoms with Crippen molar-refractivity contribution in [3.8, 4) is 0 Å². The van der Waals surface area contributed by atoms with Gasteiger partial charge in [-0.2, -0.15) is 0 Å². The van der Waals surface area contributed by atoms with Crippen LogP contribution in [0.2, 0.25) is 0 Å². The Bertz CT molecular complexity index is 315. The summed E-state index contributed by atoms with van der Waals surface area (Å²) in [7, 11) is 3.30. The fourth-order valence-electron chi connectivity index (χ4n) is 1.71. The van der Waals surface area contributed by atoms with E-state index < -0.39 is 0 Å². The smallest absolute Gasteiger partial charge is 0.180 e. The number of methoxy groups -OCH3 is 2. The van der Waals surface area contributed by atoms with E-state index in [0.717, 1.165) is 25.3 Å². The topological polar surface area (TPSA) is 60.6 Å². The summed E-state index contributed by atoms with van der Waals surface area (Å²) < 4.78 is 10.3. The predicted molar refractivity (Wildman–Crippen MR) is 58.4 cm³/mol. The molecule has 0 unspecified atom stereocenters. The molecule has 84 valence electrons. The molecule has 0 saturated carbocycles. The highest BCUT2D eigenvalue weighted by Crippen LogP contribution is 2.29. The lowest BCUT2D eigenvalue weighted by atomic mass is 10.4. The first-order valence-corrected chi connectivity index (χ1v) is 5.56. The lowest BCUT2D eigenvalue weighted by Gasteiger charge is -2.20. The Morgan fingerprint density at radius 3 is 2.80 bits per heavy atom. The molecule has 0 radical (unpaired) electrons. The van der Waals surface area contributed by atoms with E-state index >= 15 is 0 Å². The molecule has 0 amide bonds. The Hall–Kier alpha value is -0.690. The van der Waals surface area contributed by atoms with Crippen molar-refractivity contribution in [2.45, 2.75) is 19.4 Å². The number of nitrogens with zero attached hydrogens (tertiary/aromatic N) is 2. The molecule has 0 bridgehead atoms. The van der Waals surface area contributed by atoms with Crippen LogP contribution in [0.4, 0.5) is 5.13 Å². The lowest BCUT2D eigenvalue weighted by molar-refractivity contribution is -0.117. The number of anilines is 1. The lowest BCUT2D eigenvalue weighted by Crippen LogP contribution is -2.30. The second-order valence-corrected chi connectivity index (χ2v) is 4.61. The molecule has 1 aromatic rings. The van der Waals surface area contributed by atoms with Crippen molar-refractivity contribution < 1.29 is 9.47 Å². The maximum Gasteiger partial charge on any atom is 0.180 e. The molecular weight excluding hydrogens is 214 g/mol. The number of aromatic nitrogens is 1. The van der Waals surface area contributed by atoms with Gasteiger partial charge in [-0.05, 0) is 0 Å². The third-order valence-corrected chi connectivity index (χ3v) is 3.38. The summed E-state index contributed by atoms with van der Waals surface area (Å²) >= 11 is 1.57. The van der Waals surface area contributed by atoms with E-state index in [1.54, 1.807) is 25.6 Å². The average molecular weight is 229 g/mol. The second-order valence-electron chi connectivity index (χ2n) is 3.49. The van der Waals surface area contributed by atoms with E-state index in [1.807, 2.05) is 0 Å². The van der Waals surface area contributed by atoms with Crippen molar-refractivity contribution >= 4 is 16.5 Å². The van der Waals surface area contributed by atoms with Crippen LogP contribution in [0.3, 0.4) is 0 Å². The maximum atomic E-state index is 5.63. The van der Waals surface area contributed by atoms with Gasteiger partial charge >= 0.3 is 0 Å². The van der Waals surface area contributed by atoms with E-state index in [4.69, 9.17) is 15.2 Å². The van der Waals surface area contributed by atoms with Crippen LogP contribution >= 0.6 is 11.3 Å². The van der Waals surface area contributed by atoms with E-state index in [9.17, 15) is 0 Å². The summed E-state index contributed by atoms with van der Waals surface area (Å²) in [6.07, 6.45) is -0.170. The highest BCUT2D eigenvalue weighted by Gasteiger charge is 2.24. The third kappa shape index (κ3) is 2.28. The van der Waals surface area contributed by atoms with Gasteiger partial charge in [-0.25, -0.2) is 4.98 Å².